The fourth-order valence-electron chi connectivity index (χ4n) is 2.85. The van der Waals surface area contributed by atoms with Gasteiger partial charge in [-0.25, -0.2) is 19.1 Å². The molecule has 2 rings (SSSR count). The van der Waals surface area contributed by atoms with Gasteiger partial charge in [0.05, 0.1) is 17.0 Å². The molecule has 0 fully saturated rings. The molecule has 0 aliphatic carbocycles. The van der Waals surface area contributed by atoms with Gasteiger partial charge in [-0.1, -0.05) is 11.3 Å². The number of carboxylic acid groups (broad SMARTS) is 1. The number of phosphoric ester groups is 1. The van der Waals surface area contributed by atoms with Gasteiger partial charge in [-0.2, -0.15) is 8.88 Å². The first-order chi connectivity index (χ1) is 15.2. The van der Waals surface area contributed by atoms with Crippen molar-refractivity contribution in [1.29, 1.82) is 0 Å². The molecule has 0 aliphatic rings. The summed E-state index contributed by atoms with van der Waals surface area (Å²) in [7, 11) is -10.2. The summed E-state index contributed by atoms with van der Waals surface area (Å²) < 4.78 is 32.5. The maximum atomic E-state index is 11.6. The van der Waals surface area contributed by atoms with E-state index in [0.29, 0.717) is 27.0 Å². The Hall–Kier alpha value is -1.80. The molecule has 2 aromatic heterocycles. The normalized spacial score (nSPS) is 14.7. The second kappa shape index (κ2) is 11.1. The van der Waals surface area contributed by atoms with Crippen LogP contribution >= 0.6 is 27.0 Å². The number of aliphatic hydroxyl groups is 1. The van der Waals surface area contributed by atoms with Gasteiger partial charge in [0.1, 0.15) is 17.7 Å². The number of aromatic nitrogens is 3. The van der Waals surface area contributed by atoms with Crippen molar-refractivity contribution in [3.05, 3.63) is 33.2 Å². The van der Waals surface area contributed by atoms with E-state index in [0.717, 1.165) is 11.3 Å². The smallest absolute Gasteiger partial charge is 0.481 e. The molecule has 14 nitrogen and oxygen atoms in total. The van der Waals surface area contributed by atoms with E-state index >= 15 is 0 Å². The minimum absolute atomic E-state index is 0.0388. The largest absolute Gasteiger partial charge is 0.481 e. The number of carboxylic acids is 1. The molecule has 2 unspecified atom stereocenters. The van der Waals surface area contributed by atoms with Crippen LogP contribution in [0.4, 0.5) is 5.82 Å². The van der Waals surface area contributed by atoms with E-state index < -0.39 is 34.3 Å². The van der Waals surface area contributed by atoms with Crippen molar-refractivity contribution in [3.63, 3.8) is 0 Å². The van der Waals surface area contributed by atoms with Crippen molar-refractivity contribution in [3.8, 4) is 0 Å². The van der Waals surface area contributed by atoms with E-state index in [-0.39, 0.29) is 31.6 Å². The molecule has 0 saturated carbocycles. The summed E-state index contributed by atoms with van der Waals surface area (Å²) in [6, 6.07) is 0. The molecular weight excluding hydrogens is 502 g/mol. The topological polar surface area (TPSA) is 226 Å². The molecule has 0 spiro atoms. The van der Waals surface area contributed by atoms with Crippen LogP contribution in [-0.2, 0) is 35.7 Å². The number of rotatable bonds is 12. The molecule has 7 N–H and O–H groups in total. The van der Waals surface area contributed by atoms with Crippen LogP contribution in [0.25, 0.3) is 0 Å². The molecule has 0 saturated heterocycles. The van der Waals surface area contributed by atoms with Crippen molar-refractivity contribution < 1.29 is 52.2 Å². The number of phosphoric acid groups is 2. The van der Waals surface area contributed by atoms with Gasteiger partial charge in [0.2, 0.25) is 0 Å². The molecule has 2 heterocycles. The van der Waals surface area contributed by atoms with E-state index in [1.165, 1.54) is 0 Å². The number of nitrogens with two attached hydrogens (primary N) is 1. The molecule has 2 aromatic rings. The third kappa shape index (κ3) is 8.49. The minimum atomic E-state index is -5.23. The number of nitrogens with zero attached hydrogens (tertiary/aromatic N) is 3. The van der Waals surface area contributed by atoms with Gasteiger partial charge < -0.3 is 30.6 Å². The lowest BCUT2D eigenvalue weighted by Gasteiger charge is -2.11. The molecule has 184 valence electrons. The summed E-state index contributed by atoms with van der Waals surface area (Å²) in [5, 5.41) is 19.9. The van der Waals surface area contributed by atoms with E-state index in [9.17, 15) is 23.9 Å². The Morgan fingerprint density at radius 3 is 2.55 bits per heavy atom. The number of aryl methyl sites for hydroxylation is 1. The van der Waals surface area contributed by atoms with Gasteiger partial charge in [-0.3, -0.25) is 9.32 Å². The summed E-state index contributed by atoms with van der Waals surface area (Å²) in [5.74, 6) is -0.344. The molecular formula is C16H25N4O10P2S+. The van der Waals surface area contributed by atoms with E-state index in [1.807, 2.05) is 0 Å². The third-order valence-corrected chi connectivity index (χ3v) is 7.99. The van der Waals surface area contributed by atoms with Crippen molar-refractivity contribution in [2.24, 2.45) is 0 Å². The Morgan fingerprint density at radius 1 is 1.30 bits per heavy atom. The standard InChI is InChI=1S/C16H24N4O10P2S/c1-9-13(5-6-29-32(27,28)30-31(24,25)26)33-16(12(21)3-4-14(22)23)20(9)8-11-7-18-10(2)19-15(11)17/h7,12,21H,3-6,8H2,1-2H3,(H5-,17,18,19,22,23,24,25,26,27,28)/p+1. The number of anilines is 1. The average Bonchev–Trinajstić information content (AvgIpc) is 2.96. The second-order valence-corrected chi connectivity index (χ2v) is 10.9. The molecule has 33 heavy (non-hydrogen) atoms. The van der Waals surface area contributed by atoms with Gasteiger partial charge in [-0.15, -0.1) is 0 Å². The van der Waals surface area contributed by atoms with Crippen LogP contribution in [0.1, 0.15) is 45.9 Å². The van der Waals surface area contributed by atoms with Crippen LogP contribution in [0.15, 0.2) is 6.20 Å². The van der Waals surface area contributed by atoms with Crippen LogP contribution in [-0.4, -0.2) is 47.4 Å². The minimum Gasteiger partial charge on any atom is -0.481 e. The zero-order valence-corrected chi connectivity index (χ0v) is 20.3. The Morgan fingerprint density at radius 2 is 1.97 bits per heavy atom. The van der Waals surface area contributed by atoms with E-state index in [1.54, 1.807) is 24.6 Å². The Bertz CT molecular complexity index is 1110. The Labute approximate surface area is 192 Å². The van der Waals surface area contributed by atoms with Crippen molar-refractivity contribution in [2.45, 2.75) is 45.8 Å². The van der Waals surface area contributed by atoms with Crippen molar-refractivity contribution in [1.82, 2.24) is 9.97 Å². The molecule has 17 heteroatoms. The highest BCUT2D eigenvalue weighted by Gasteiger charge is 2.33. The number of hydrogen-bond donors (Lipinski definition) is 6. The lowest BCUT2D eigenvalue weighted by molar-refractivity contribution is -0.700. The fourth-order valence-corrected chi connectivity index (χ4v) is 5.69. The number of nitrogen functional groups attached to an aromatic ring is 1. The van der Waals surface area contributed by atoms with Gasteiger partial charge in [-0.05, 0) is 13.3 Å². The van der Waals surface area contributed by atoms with Crippen molar-refractivity contribution >= 4 is 38.8 Å². The Balaban J connectivity index is 2.28. The lowest BCUT2D eigenvalue weighted by atomic mass is 10.2. The maximum Gasteiger partial charge on any atom is 0.481 e. The number of hydrogen-bond acceptors (Lipinski definition) is 10. The fraction of sp³-hybridized carbons (Fsp3) is 0.500. The van der Waals surface area contributed by atoms with Crippen LogP contribution in [0.2, 0.25) is 0 Å². The van der Waals surface area contributed by atoms with Gasteiger partial charge in [0.25, 0.3) is 5.01 Å². The van der Waals surface area contributed by atoms with Crippen LogP contribution < -0.4 is 10.3 Å². The predicted octanol–water partition coefficient (Wildman–Crippen LogP) is 0.740. The SMILES string of the molecule is Cc1ncc(C[n+]2c(C(O)CCC(=O)O)sc(CCOP(=O)(O)OP(=O)(O)O)c2C)c(N)n1. The summed E-state index contributed by atoms with van der Waals surface area (Å²) in [5.41, 5.74) is 7.17. The first-order valence-electron chi connectivity index (χ1n) is 9.42. The monoisotopic (exact) mass is 527 g/mol. The summed E-state index contributed by atoms with van der Waals surface area (Å²) in [6.45, 7) is 3.15. The highest BCUT2D eigenvalue weighted by atomic mass is 32.1. The third-order valence-electron chi connectivity index (χ3n) is 4.36. The highest BCUT2D eigenvalue weighted by molar-refractivity contribution is 7.60. The van der Waals surface area contributed by atoms with Gasteiger partial charge >= 0.3 is 21.6 Å². The first kappa shape index (κ1) is 27.4. The number of carbonyl (C=O) groups is 1. The maximum absolute atomic E-state index is 11.6. The summed E-state index contributed by atoms with van der Waals surface area (Å²) in [6.07, 6.45) is 0.151. The molecule has 0 aromatic carbocycles. The van der Waals surface area contributed by atoms with Gasteiger partial charge in [0.15, 0.2) is 12.2 Å². The molecule has 2 atom stereocenters. The molecule has 0 amide bonds. The lowest BCUT2D eigenvalue weighted by Crippen LogP contribution is -2.41. The zero-order valence-electron chi connectivity index (χ0n) is 17.7. The average molecular weight is 527 g/mol. The quantitative estimate of drug-likeness (QED) is 0.166. The van der Waals surface area contributed by atoms with Crippen LogP contribution in [0, 0.1) is 13.8 Å². The molecule has 0 bridgehead atoms. The van der Waals surface area contributed by atoms with Gasteiger partial charge in [0, 0.05) is 26.0 Å². The van der Waals surface area contributed by atoms with Crippen molar-refractivity contribution in [2.75, 3.05) is 12.3 Å². The number of aliphatic hydroxyl groups excluding tert-OH is 1. The van der Waals surface area contributed by atoms with Crippen LogP contribution in [0.3, 0.4) is 0 Å². The Kier molecular flexibility index (Phi) is 9.22. The predicted molar refractivity (Wildman–Crippen MR) is 114 cm³/mol. The van der Waals surface area contributed by atoms with E-state index in [2.05, 4.69) is 18.8 Å². The molecule has 0 radical (unpaired) electrons. The number of aliphatic carboxylic acids is 1. The van der Waals surface area contributed by atoms with Crippen LogP contribution in [0.5, 0.6) is 0 Å². The summed E-state index contributed by atoms with van der Waals surface area (Å²) in [4.78, 5) is 46.5. The first-order valence-corrected chi connectivity index (χ1v) is 13.3. The molecule has 0 aliphatic heterocycles. The highest BCUT2D eigenvalue weighted by Crippen LogP contribution is 2.57. The number of thiazole rings is 1. The second-order valence-electron chi connectivity index (χ2n) is 6.93. The summed E-state index contributed by atoms with van der Waals surface area (Å²) >= 11 is 1.13. The van der Waals surface area contributed by atoms with E-state index in [4.69, 9.17) is 20.6 Å². The zero-order chi connectivity index (χ0) is 25.0.